The second-order valence-corrected chi connectivity index (χ2v) is 4.76. The number of nitro groups is 2. The van der Waals surface area contributed by atoms with Crippen LogP contribution in [-0.4, -0.2) is 41.4 Å². The molecule has 2 rings (SSSR count). The van der Waals surface area contributed by atoms with Gasteiger partial charge < -0.3 is 5.11 Å². The summed E-state index contributed by atoms with van der Waals surface area (Å²) in [5.41, 5.74) is 0.986. The molecule has 132 valence electrons. The van der Waals surface area contributed by atoms with Gasteiger partial charge in [-0.25, -0.2) is 19.9 Å². The molecule has 0 aliphatic heterocycles. The molecule has 1 atom stereocenters. The first-order valence-corrected chi connectivity index (χ1v) is 6.96. The fourth-order valence-corrected chi connectivity index (χ4v) is 1.46. The molecule has 0 bridgehead atoms. The van der Waals surface area contributed by atoms with E-state index in [1.54, 1.807) is 13.8 Å². The monoisotopic (exact) mass is 348 g/mol. The predicted octanol–water partition coefficient (Wildman–Crippen LogP) is 1.13. The summed E-state index contributed by atoms with van der Waals surface area (Å²) in [7, 11) is 0. The smallest absolute Gasteiger partial charge is 0.235 e. The normalized spacial score (nSPS) is 11.5. The van der Waals surface area contributed by atoms with Crippen LogP contribution >= 0.6 is 0 Å². The van der Waals surface area contributed by atoms with Crippen LogP contribution in [0.25, 0.3) is 6.08 Å². The number of aromatic nitrogens is 4. The van der Waals surface area contributed by atoms with Crippen molar-refractivity contribution in [1.82, 2.24) is 19.9 Å². The van der Waals surface area contributed by atoms with Crippen LogP contribution in [0.2, 0.25) is 0 Å². The standard InChI is InChI=1S/C7H9N3O3.C7H7N3O2/c1-5-8-2-6(3-9-5)7(11)4-10(12)13;1-6-8-4-7(5-9-6)2-3-10(11)12/h2-3,7,11H,4H2,1H3;2-5H,1H3. The Labute approximate surface area is 142 Å². The van der Waals surface area contributed by atoms with E-state index >= 15 is 0 Å². The van der Waals surface area contributed by atoms with E-state index in [1.807, 2.05) is 0 Å². The molecule has 1 unspecified atom stereocenters. The molecule has 0 aliphatic rings. The molecule has 0 spiro atoms. The second-order valence-electron chi connectivity index (χ2n) is 4.76. The predicted molar refractivity (Wildman–Crippen MR) is 86.4 cm³/mol. The van der Waals surface area contributed by atoms with E-state index in [9.17, 15) is 25.3 Å². The van der Waals surface area contributed by atoms with Crippen molar-refractivity contribution in [3.8, 4) is 0 Å². The molecule has 2 aromatic heterocycles. The number of aliphatic hydroxyl groups excluding tert-OH is 1. The van der Waals surface area contributed by atoms with Gasteiger partial charge >= 0.3 is 0 Å². The molecule has 0 radical (unpaired) electrons. The summed E-state index contributed by atoms with van der Waals surface area (Å²) in [6.07, 6.45) is 6.90. The van der Waals surface area contributed by atoms with Gasteiger partial charge in [-0.2, -0.15) is 0 Å². The highest BCUT2D eigenvalue weighted by Crippen LogP contribution is 2.09. The van der Waals surface area contributed by atoms with Crippen molar-refractivity contribution in [3.63, 3.8) is 0 Å². The minimum absolute atomic E-state index is 0.363. The maximum absolute atomic E-state index is 10.1. The molecule has 11 heteroatoms. The molecule has 0 saturated heterocycles. The van der Waals surface area contributed by atoms with Crippen molar-refractivity contribution in [2.45, 2.75) is 20.0 Å². The number of hydrogen-bond donors (Lipinski definition) is 1. The van der Waals surface area contributed by atoms with Crippen molar-refractivity contribution in [3.05, 3.63) is 74.0 Å². The summed E-state index contributed by atoms with van der Waals surface area (Å²) in [6.45, 7) is 2.93. The van der Waals surface area contributed by atoms with Gasteiger partial charge in [-0.3, -0.25) is 20.2 Å². The molecular formula is C14H16N6O5. The van der Waals surface area contributed by atoms with Crippen LogP contribution in [0.1, 0.15) is 28.9 Å². The first kappa shape index (κ1) is 19.7. The second kappa shape index (κ2) is 9.72. The van der Waals surface area contributed by atoms with Crippen LogP contribution in [0.5, 0.6) is 0 Å². The summed E-state index contributed by atoms with van der Waals surface area (Å²) >= 11 is 0. The Morgan fingerprint density at radius 2 is 1.52 bits per heavy atom. The maximum Gasteiger partial charge on any atom is 0.235 e. The third-order valence-corrected chi connectivity index (χ3v) is 2.70. The van der Waals surface area contributed by atoms with E-state index in [4.69, 9.17) is 0 Å². The van der Waals surface area contributed by atoms with Gasteiger partial charge in [0.05, 0.1) is 4.92 Å². The third kappa shape index (κ3) is 8.18. The molecule has 0 amide bonds. The first-order chi connectivity index (χ1) is 11.8. The van der Waals surface area contributed by atoms with E-state index in [-0.39, 0.29) is 0 Å². The minimum atomic E-state index is -1.13. The van der Waals surface area contributed by atoms with Crippen molar-refractivity contribution < 1.29 is 15.0 Å². The molecule has 25 heavy (non-hydrogen) atoms. The summed E-state index contributed by atoms with van der Waals surface area (Å²) in [6, 6.07) is 0. The lowest BCUT2D eigenvalue weighted by Gasteiger charge is -2.04. The van der Waals surface area contributed by atoms with Gasteiger partial charge in [-0.05, 0) is 13.8 Å². The topological polar surface area (TPSA) is 158 Å². The zero-order valence-corrected chi connectivity index (χ0v) is 13.5. The van der Waals surface area contributed by atoms with Crippen LogP contribution in [0, 0.1) is 34.1 Å². The maximum atomic E-state index is 10.1. The van der Waals surface area contributed by atoms with Crippen LogP contribution in [-0.2, 0) is 0 Å². The van der Waals surface area contributed by atoms with Crippen LogP contribution < -0.4 is 0 Å². The van der Waals surface area contributed by atoms with Gasteiger partial charge in [-0.1, -0.05) is 0 Å². The lowest BCUT2D eigenvalue weighted by molar-refractivity contribution is -0.491. The highest BCUT2D eigenvalue weighted by Gasteiger charge is 2.14. The molecule has 2 aromatic rings. The summed E-state index contributed by atoms with van der Waals surface area (Å²) in [5.74, 6) is 1.21. The molecule has 2 heterocycles. The van der Waals surface area contributed by atoms with Crippen molar-refractivity contribution in [1.29, 1.82) is 0 Å². The molecule has 0 fully saturated rings. The van der Waals surface area contributed by atoms with E-state index in [1.165, 1.54) is 30.9 Å². The highest BCUT2D eigenvalue weighted by atomic mass is 16.6. The Kier molecular flexibility index (Phi) is 7.66. The quantitative estimate of drug-likeness (QED) is 0.617. The van der Waals surface area contributed by atoms with Gasteiger partial charge in [0.2, 0.25) is 12.7 Å². The van der Waals surface area contributed by atoms with Gasteiger partial charge in [-0.15, -0.1) is 0 Å². The molecule has 0 aromatic carbocycles. The lowest BCUT2D eigenvalue weighted by atomic mass is 10.2. The van der Waals surface area contributed by atoms with Gasteiger partial charge in [0, 0.05) is 46.9 Å². The van der Waals surface area contributed by atoms with Crippen LogP contribution in [0.4, 0.5) is 0 Å². The Morgan fingerprint density at radius 3 is 1.96 bits per heavy atom. The molecule has 0 aliphatic carbocycles. The Bertz CT molecular complexity index is 732. The summed E-state index contributed by atoms with van der Waals surface area (Å²) in [4.78, 5) is 34.2. The number of rotatable bonds is 5. The fourth-order valence-electron chi connectivity index (χ4n) is 1.46. The van der Waals surface area contributed by atoms with E-state index < -0.39 is 22.5 Å². The van der Waals surface area contributed by atoms with Gasteiger partial charge in [0.1, 0.15) is 17.8 Å². The molecule has 11 nitrogen and oxygen atoms in total. The van der Waals surface area contributed by atoms with E-state index in [2.05, 4.69) is 19.9 Å². The largest absolute Gasteiger partial charge is 0.381 e. The first-order valence-electron chi connectivity index (χ1n) is 6.96. The van der Waals surface area contributed by atoms with Gasteiger partial charge in [0.25, 0.3) is 0 Å². The Morgan fingerprint density at radius 1 is 1.04 bits per heavy atom. The fraction of sp³-hybridized carbons (Fsp3) is 0.286. The highest BCUT2D eigenvalue weighted by molar-refractivity contribution is 5.44. The molecule has 1 N–H and O–H groups in total. The Hall–Kier alpha value is -3.34. The number of nitrogens with zero attached hydrogens (tertiary/aromatic N) is 6. The average molecular weight is 348 g/mol. The molecule has 0 saturated carbocycles. The zero-order chi connectivity index (χ0) is 18.8. The summed E-state index contributed by atoms with van der Waals surface area (Å²) in [5, 5.41) is 29.2. The average Bonchev–Trinajstić information content (AvgIpc) is 2.55. The van der Waals surface area contributed by atoms with Crippen molar-refractivity contribution >= 4 is 6.08 Å². The van der Waals surface area contributed by atoms with Crippen LogP contribution in [0.3, 0.4) is 0 Å². The van der Waals surface area contributed by atoms with E-state index in [0.717, 1.165) is 6.20 Å². The molecular weight excluding hydrogens is 332 g/mol. The van der Waals surface area contributed by atoms with Crippen LogP contribution in [0.15, 0.2) is 31.0 Å². The number of aryl methyl sites for hydroxylation is 2. The van der Waals surface area contributed by atoms with Gasteiger partial charge in [0.15, 0.2) is 0 Å². The van der Waals surface area contributed by atoms with E-state index in [0.29, 0.717) is 22.8 Å². The third-order valence-electron chi connectivity index (χ3n) is 2.70. The minimum Gasteiger partial charge on any atom is -0.381 e. The number of aliphatic hydroxyl groups is 1. The van der Waals surface area contributed by atoms with Crippen molar-refractivity contribution in [2.24, 2.45) is 0 Å². The SMILES string of the molecule is Cc1ncc(C(O)C[N+](=O)[O-])cn1.Cc1ncc(C=C[N+](=O)[O-])cn1. The van der Waals surface area contributed by atoms with Crippen molar-refractivity contribution in [2.75, 3.05) is 6.54 Å². The zero-order valence-electron chi connectivity index (χ0n) is 13.5. The number of hydrogen-bond acceptors (Lipinski definition) is 9. The Balaban J connectivity index is 0.000000251. The summed E-state index contributed by atoms with van der Waals surface area (Å²) < 4.78 is 0. The lowest BCUT2D eigenvalue weighted by Crippen LogP contribution is -2.12.